The van der Waals surface area contributed by atoms with E-state index < -0.39 is 0 Å². The maximum Gasteiger partial charge on any atom is 0.0798 e. The fourth-order valence-corrected chi connectivity index (χ4v) is 3.43. The van der Waals surface area contributed by atoms with Gasteiger partial charge in [-0.15, -0.1) is 11.3 Å². The number of aromatic nitrogens is 1. The van der Waals surface area contributed by atoms with Crippen molar-refractivity contribution in [3.63, 3.8) is 0 Å². The molecule has 0 radical (unpaired) electrons. The van der Waals surface area contributed by atoms with Crippen LogP contribution >= 0.6 is 27.3 Å². The molecule has 20 heavy (non-hydrogen) atoms. The Labute approximate surface area is 133 Å². The first-order valence-corrected chi connectivity index (χ1v) is 8.28. The molecule has 1 heterocycles. The van der Waals surface area contributed by atoms with Gasteiger partial charge in [0.2, 0.25) is 0 Å². The van der Waals surface area contributed by atoms with Crippen molar-refractivity contribution in [3.05, 3.63) is 44.3 Å². The van der Waals surface area contributed by atoms with Crippen molar-refractivity contribution in [2.24, 2.45) is 5.73 Å². The molecular weight excluding hydrogens is 334 g/mol. The predicted octanol–water partition coefficient (Wildman–Crippen LogP) is 3.74. The lowest BCUT2D eigenvalue weighted by molar-refractivity contribution is 0.736. The van der Waals surface area contributed by atoms with E-state index in [1.54, 1.807) is 11.3 Å². The SMILES string of the molecule is Cc1ncsc1CN(C)c1ccc(CC(C)N)c(Br)c1. The number of benzene rings is 1. The fourth-order valence-electron chi connectivity index (χ4n) is 2.07. The van der Waals surface area contributed by atoms with Crippen molar-refractivity contribution in [1.29, 1.82) is 0 Å². The van der Waals surface area contributed by atoms with Crippen LogP contribution in [0, 0.1) is 6.92 Å². The molecule has 0 amide bonds. The third-order valence-electron chi connectivity index (χ3n) is 3.24. The zero-order valence-electron chi connectivity index (χ0n) is 12.1. The number of halogens is 1. The molecule has 2 N–H and O–H groups in total. The molecule has 2 rings (SSSR count). The van der Waals surface area contributed by atoms with Gasteiger partial charge in [-0.25, -0.2) is 4.98 Å². The molecule has 1 atom stereocenters. The first-order valence-electron chi connectivity index (χ1n) is 6.61. The van der Waals surface area contributed by atoms with Gasteiger partial charge in [-0.05, 0) is 38.0 Å². The van der Waals surface area contributed by atoms with Crippen LogP contribution in [0.1, 0.15) is 23.1 Å². The average Bonchev–Trinajstić information content (AvgIpc) is 2.77. The molecule has 1 unspecified atom stereocenters. The van der Waals surface area contributed by atoms with Crippen LogP contribution in [0.3, 0.4) is 0 Å². The molecule has 0 aliphatic rings. The normalized spacial score (nSPS) is 12.4. The Hall–Kier alpha value is -0.910. The van der Waals surface area contributed by atoms with Gasteiger partial charge in [0.15, 0.2) is 0 Å². The van der Waals surface area contributed by atoms with Crippen LogP contribution in [-0.4, -0.2) is 18.1 Å². The molecule has 0 fully saturated rings. The van der Waals surface area contributed by atoms with Crippen LogP contribution in [-0.2, 0) is 13.0 Å². The van der Waals surface area contributed by atoms with Crippen LogP contribution in [0.2, 0.25) is 0 Å². The minimum Gasteiger partial charge on any atom is -0.369 e. The number of nitrogens with zero attached hydrogens (tertiary/aromatic N) is 2. The molecule has 3 nitrogen and oxygen atoms in total. The maximum atomic E-state index is 5.86. The van der Waals surface area contributed by atoms with Crippen molar-refractivity contribution in [2.75, 3.05) is 11.9 Å². The lowest BCUT2D eigenvalue weighted by atomic mass is 10.1. The van der Waals surface area contributed by atoms with Crippen molar-refractivity contribution in [1.82, 2.24) is 4.98 Å². The molecule has 1 aromatic heterocycles. The van der Waals surface area contributed by atoms with Crippen molar-refractivity contribution in [3.8, 4) is 0 Å². The zero-order chi connectivity index (χ0) is 14.7. The van der Waals surface area contributed by atoms with Gasteiger partial charge in [0.25, 0.3) is 0 Å². The Kier molecular flexibility index (Phi) is 5.18. The van der Waals surface area contributed by atoms with Gasteiger partial charge in [-0.2, -0.15) is 0 Å². The van der Waals surface area contributed by atoms with E-state index in [0.717, 1.165) is 23.1 Å². The molecule has 0 saturated carbocycles. The maximum absolute atomic E-state index is 5.86. The van der Waals surface area contributed by atoms with Crippen molar-refractivity contribution < 1.29 is 0 Å². The van der Waals surface area contributed by atoms with E-state index in [1.807, 2.05) is 12.4 Å². The Morgan fingerprint density at radius 1 is 1.45 bits per heavy atom. The van der Waals surface area contributed by atoms with Gasteiger partial charge in [-0.1, -0.05) is 22.0 Å². The highest BCUT2D eigenvalue weighted by Crippen LogP contribution is 2.26. The van der Waals surface area contributed by atoms with E-state index in [1.165, 1.54) is 16.1 Å². The first-order chi connectivity index (χ1) is 9.47. The van der Waals surface area contributed by atoms with Gasteiger partial charge < -0.3 is 10.6 Å². The highest BCUT2D eigenvalue weighted by Gasteiger charge is 2.09. The number of hydrogen-bond acceptors (Lipinski definition) is 4. The standard InChI is InChI=1S/C15H20BrN3S/c1-10(17)6-12-4-5-13(7-14(12)16)19(3)8-15-11(2)18-9-20-15/h4-5,7,9-10H,6,8,17H2,1-3H3. The van der Waals surface area contributed by atoms with Crippen LogP contribution < -0.4 is 10.6 Å². The summed E-state index contributed by atoms with van der Waals surface area (Å²) in [5, 5.41) is 0. The van der Waals surface area contributed by atoms with Gasteiger partial charge in [0.05, 0.1) is 17.7 Å². The van der Waals surface area contributed by atoms with E-state index in [4.69, 9.17) is 5.73 Å². The number of anilines is 1. The molecule has 108 valence electrons. The predicted molar refractivity (Wildman–Crippen MR) is 90.5 cm³/mol. The summed E-state index contributed by atoms with van der Waals surface area (Å²) in [7, 11) is 2.10. The number of nitrogens with two attached hydrogens (primary N) is 1. The van der Waals surface area contributed by atoms with E-state index in [2.05, 4.69) is 58.0 Å². The molecule has 2 aromatic rings. The first kappa shape index (κ1) is 15.5. The van der Waals surface area contributed by atoms with E-state index in [9.17, 15) is 0 Å². The smallest absolute Gasteiger partial charge is 0.0798 e. The van der Waals surface area contributed by atoms with E-state index >= 15 is 0 Å². The minimum atomic E-state index is 0.176. The molecule has 0 aliphatic heterocycles. The second-order valence-electron chi connectivity index (χ2n) is 5.17. The summed E-state index contributed by atoms with van der Waals surface area (Å²) in [5.41, 5.74) is 11.3. The molecule has 0 bridgehead atoms. The Bertz CT molecular complexity index is 580. The van der Waals surface area contributed by atoms with Crippen LogP contribution in [0.4, 0.5) is 5.69 Å². The summed E-state index contributed by atoms with van der Waals surface area (Å²) in [5.74, 6) is 0. The molecule has 1 aromatic carbocycles. The van der Waals surface area contributed by atoms with Crippen LogP contribution in [0.5, 0.6) is 0 Å². The lowest BCUT2D eigenvalue weighted by Crippen LogP contribution is -2.19. The Morgan fingerprint density at radius 2 is 2.20 bits per heavy atom. The van der Waals surface area contributed by atoms with E-state index in [-0.39, 0.29) is 6.04 Å². The largest absolute Gasteiger partial charge is 0.369 e. The summed E-state index contributed by atoms with van der Waals surface area (Å²) < 4.78 is 1.13. The van der Waals surface area contributed by atoms with Crippen LogP contribution in [0.15, 0.2) is 28.2 Å². The topological polar surface area (TPSA) is 42.2 Å². The van der Waals surface area contributed by atoms with Crippen LogP contribution in [0.25, 0.3) is 0 Å². The van der Waals surface area contributed by atoms with Gasteiger partial charge in [-0.3, -0.25) is 0 Å². The van der Waals surface area contributed by atoms with Crippen molar-refractivity contribution in [2.45, 2.75) is 32.9 Å². The Morgan fingerprint density at radius 3 is 2.75 bits per heavy atom. The van der Waals surface area contributed by atoms with Gasteiger partial charge in [0, 0.05) is 28.1 Å². The van der Waals surface area contributed by atoms with Crippen molar-refractivity contribution >= 4 is 33.0 Å². The minimum absolute atomic E-state index is 0.176. The monoisotopic (exact) mass is 353 g/mol. The zero-order valence-corrected chi connectivity index (χ0v) is 14.5. The number of aryl methyl sites for hydroxylation is 1. The summed E-state index contributed by atoms with van der Waals surface area (Å²) in [6.45, 7) is 4.97. The molecule has 0 spiro atoms. The summed E-state index contributed by atoms with van der Waals surface area (Å²) in [6.07, 6.45) is 0.887. The second-order valence-corrected chi connectivity index (χ2v) is 6.97. The summed E-state index contributed by atoms with van der Waals surface area (Å²) >= 11 is 5.35. The summed E-state index contributed by atoms with van der Waals surface area (Å²) in [6, 6.07) is 6.64. The van der Waals surface area contributed by atoms with E-state index in [0.29, 0.717) is 0 Å². The number of rotatable bonds is 5. The summed E-state index contributed by atoms with van der Waals surface area (Å²) in [4.78, 5) is 7.84. The second kappa shape index (κ2) is 6.70. The third-order valence-corrected chi connectivity index (χ3v) is 4.90. The molecule has 5 heteroatoms. The highest BCUT2D eigenvalue weighted by molar-refractivity contribution is 9.10. The number of hydrogen-bond donors (Lipinski definition) is 1. The average molecular weight is 354 g/mol. The highest BCUT2D eigenvalue weighted by atomic mass is 79.9. The molecular formula is C15H20BrN3S. The Balaban J connectivity index is 2.12. The number of thiazole rings is 1. The lowest BCUT2D eigenvalue weighted by Gasteiger charge is -2.20. The quantitative estimate of drug-likeness (QED) is 0.889. The fraction of sp³-hybridized carbons (Fsp3) is 0.400. The molecule has 0 saturated heterocycles. The van der Waals surface area contributed by atoms with Gasteiger partial charge in [0.1, 0.15) is 0 Å². The molecule has 0 aliphatic carbocycles. The van der Waals surface area contributed by atoms with Gasteiger partial charge >= 0.3 is 0 Å². The third kappa shape index (κ3) is 3.81.